The summed E-state index contributed by atoms with van der Waals surface area (Å²) in [5.41, 5.74) is 7.02. The van der Waals surface area contributed by atoms with Crippen LogP contribution in [0.5, 0.6) is 0 Å². The first-order chi connectivity index (χ1) is 10.1. The van der Waals surface area contributed by atoms with E-state index in [4.69, 9.17) is 17.3 Å². The molecule has 21 heavy (non-hydrogen) atoms. The molecule has 0 fully saturated rings. The number of anilines is 1. The van der Waals surface area contributed by atoms with Gasteiger partial charge in [0.05, 0.1) is 11.7 Å². The maximum absolute atomic E-state index is 13.6. The van der Waals surface area contributed by atoms with Crippen LogP contribution in [0.2, 0.25) is 5.02 Å². The van der Waals surface area contributed by atoms with E-state index in [1.165, 1.54) is 12.1 Å². The van der Waals surface area contributed by atoms with Crippen LogP contribution in [0.1, 0.15) is 12.0 Å². The SMILES string of the molecule is NC(CCc1ccccc1)C(=O)Nc1ccc(Cl)cc1F. The number of nitrogens with one attached hydrogen (secondary N) is 1. The molecule has 1 atom stereocenters. The van der Waals surface area contributed by atoms with Crippen LogP contribution >= 0.6 is 11.6 Å². The second kappa shape index (κ2) is 7.20. The molecule has 0 heterocycles. The molecule has 2 aromatic rings. The fraction of sp³-hybridized carbons (Fsp3) is 0.188. The van der Waals surface area contributed by atoms with E-state index in [0.29, 0.717) is 12.8 Å². The maximum Gasteiger partial charge on any atom is 0.241 e. The second-order valence-corrected chi connectivity index (χ2v) is 5.18. The van der Waals surface area contributed by atoms with E-state index in [1.54, 1.807) is 0 Å². The topological polar surface area (TPSA) is 55.1 Å². The highest BCUT2D eigenvalue weighted by molar-refractivity contribution is 6.30. The molecular formula is C16H16ClFN2O. The average molecular weight is 307 g/mol. The highest BCUT2D eigenvalue weighted by atomic mass is 35.5. The molecule has 0 saturated carbocycles. The molecule has 0 aliphatic rings. The summed E-state index contributed by atoms with van der Waals surface area (Å²) in [7, 11) is 0. The lowest BCUT2D eigenvalue weighted by atomic mass is 10.1. The summed E-state index contributed by atoms with van der Waals surface area (Å²) in [4.78, 5) is 11.9. The van der Waals surface area contributed by atoms with Gasteiger partial charge in [-0.3, -0.25) is 4.79 Å². The molecule has 1 unspecified atom stereocenters. The third-order valence-corrected chi connectivity index (χ3v) is 3.35. The maximum atomic E-state index is 13.6. The van der Waals surface area contributed by atoms with Gasteiger partial charge in [0.15, 0.2) is 0 Å². The number of hydrogen-bond donors (Lipinski definition) is 2. The largest absolute Gasteiger partial charge is 0.322 e. The van der Waals surface area contributed by atoms with Gasteiger partial charge >= 0.3 is 0 Å². The van der Waals surface area contributed by atoms with Crippen molar-refractivity contribution in [2.24, 2.45) is 5.73 Å². The summed E-state index contributed by atoms with van der Waals surface area (Å²) < 4.78 is 13.6. The minimum Gasteiger partial charge on any atom is -0.322 e. The zero-order valence-corrected chi connectivity index (χ0v) is 12.1. The summed E-state index contributed by atoms with van der Waals surface area (Å²) in [5.74, 6) is -0.988. The Bertz CT molecular complexity index is 619. The monoisotopic (exact) mass is 306 g/mol. The smallest absolute Gasteiger partial charge is 0.241 e. The number of hydrogen-bond acceptors (Lipinski definition) is 2. The van der Waals surface area contributed by atoms with Crippen LogP contribution in [0.15, 0.2) is 48.5 Å². The molecule has 0 saturated heterocycles. The molecule has 0 spiro atoms. The van der Waals surface area contributed by atoms with Gasteiger partial charge in [0.1, 0.15) is 5.82 Å². The van der Waals surface area contributed by atoms with Crippen molar-refractivity contribution in [1.29, 1.82) is 0 Å². The molecule has 2 aromatic carbocycles. The second-order valence-electron chi connectivity index (χ2n) is 4.74. The Balaban J connectivity index is 1.90. The van der Waals surface area contributed by atoms with Crippen molar-refractivity contribution in [3.63, 3.8) is 0 Å². The molecule has 1 amide bonds. The Morgan fingerprint density at radius 1 is 1.24 bits per heavy atom. The minimum atomic E-state index is -0.694. The lowest BCUT2D eigenvalue weighted by molar-refractivity contribution is -0.117. The van der Waals surface area contributed by atoms with Gasteiger partial charge in [-0.05, 0) is 36.6 Å². The quantitative estimate of drug-likeness (QED) is 0.890. The number of carbonyl (C=O) groups is 1. The molecule has 110 valence electrons. The zero-order valence-electron chi connectivity index (χ0n) is 11.4. The first-order valence-corrected chi connectivity index (χ1v) is 6.99. The summed E-state index contributed by atoms with van der Waals surface area (Å²) in [6.07, 6.45) is 1.18. The zero-order chi connectivity index (χ0) is 15.2. The van der Waals surface area contributed by atoms with Crippen LogP contribution < -0.4 is 11.1 Å². The number of amides is 1. The fourth-order valence-electron chi connectivity index (χ4n) is 1.91. The van der Waals surface area contributed by atoms with Crippen molar-refractivity contribution in [2.75, 3.05) is 5.32 Å². The Morgan fingerprint density at radius 3 is 2.62 bits per heavy atom. The highest BCUT2D eigenvalue weighted by Gasteiger charge is 2.15. The van der Waals surface area contributed by atoms with E-state index in [1.807, 2.05) is 30.3 Å². The number of nitrogens with two attached hydrogens (primary N) is 1. The normalized spacial score (nSPS) is 12.0. The molecule has 3 N–H and O–H groups in total. The van der Waals surface area contributed by atoms with Crippen molar-refractivity contribution >= 4 is 23.2 Å². The number of halogens is 2. The van der Waals surface area contributed by atoms with Gasteiger partial charge in [-0.15, -0.1) is 0 Å². The van der Waals surface area contributed by atoms with Crippen molar-refractivity contribution < 1.29 is 9.18 Å². The molecule has 5 heteroatoms. The number of rotatable bonds is 5. The summed E-state index contributed by atoms with van der Waals surface area (Å²) in [6.45, 7) is 0. The first kappa shape index (κ1) is 15.5. The van der Waals surface area contributed by atoms with Gasteiger partial charge in [-0.1, -0.05) is 41.9 Å². The molecule has 0 aliphatic carbocycles. The fourth-order valence-corrected chi connectivity index (χ4v) is 2.07. The molecular weight excluding hydrogens is 291 g/mol. The van der Waals surface area contributed by atoms with Gasteiger partial charge in [0.2, 0.25) is 5.91 Å². The Labute approximate surface area is 127 Å². The molecule has 2 rings (SSSR count). The van der Waals surface area contributed by atoms with Crippen molar-refractivity contribution in [3.8, 4) is 0 Å². The summed E-state index contributed by atoms with van der Waals surface area (Å²) in [5, 5.41) is 2.75. The van der Waals surface area contributed by atoms with Crippen LogP contribution in [0.3, 0.4) is 0 Å². The van der Waals surface area contributed by atoms with Gasteiger partial charge in [0, 0.05) is 5.02 Å². The van der Waals surface area contributed by atoms with E-state index in [0.717, 1.165) is 11.6 Å². The molecule has 0 bridgehead atoms. The van der Waals surface area contributed by atoms with Crippen LogP contribution in [-0.2, 0) is 11.2 Å². The Hall–Kier alpha value is -1.91. The number of carbonyl (C=O) groups excluding carboxylic acids is 1. The van der Waals surface area contributed by atoms with E-state index in [2.05, 4.69) is 5.32 Å². The van der Waals surface area contributed by atoms with Crippen LogP contribution in [-0.4, -0.2) is 11.9 Å². The standard InChI is InChI=1S/C16H16ClFN2O/c17-12-7-9-15(13(18)10-12)20-16(21)14(19)8-6-11-4-2-1-3-5-11/h1-5,7,9-10,14H,6,8,19H2,(H,20,21). The minimum absolute atomic E-state index is 0.0829. The number of benzene rings is 2. The Morgan fingerprint density at radius 2 is 1.95 bits per heavy atom. The highest BCUT2D eigenvalue weighted by Crippen LogP contribution is 2.19. The lowest BCUT2D eigenvalue weighted by Gasteiger charge is -2.13. The average Bonchev–Trinajstić information content (AvgIpc) is 2.48. The van der Waals surface area contributed by atoms with Gasteiger partial charge < -0.3 is 11.1 Å². The van der Waals surface area contributed by atoms with Gasteiger partial charge in [0.25, 0.3) is 0 Å². The van der Waals surface area contributed by atoms with Crippen molar-refractivity contribution in [1.82, 2.24) is 0 Å². The van der Waals surface area contributed by atoms with Crippen LogP contribution in [0.4, 0.5) is 10.1 Å². The summed E-state index contributed by atoms with van der Waals surface area (Å²) >= 11 is 5.66. The van der Waals surface area contributed by atoms with E-state index >= 15 is 0 Å². The van der Waals surface area contributed by atoms with E-state index in [9.17, 15) is 9.18 Å². The lowest BCUT2D eigenvalue weighted by Crippen LogP contribution is -2.36. The van der Waals surface area contributed by atoms with Gasteiger partial charge in [-0.25, -0.2) is 4.39 Å². The molecule has 0 radical (unpaired) electrons. The number of aryl methyl sites for hydroxylation is 1. The van der Waals surface area contributed by atoms with Crippen molar-refractivity contribution in [2.45, 2.75) is 18.9 Å². The summed E-state index contributed by atoms with van der Waals surface area (Å²) in [6, 6.07) is 13.1. The predicted molar refractivity (Wildman–Crippen MR) is 82.8 cm³/mol. The first-order valence-electron chi connectivity index (χ1n) is 6.61. The van der Waals surface area contributed by atoms with Crippen molar-refractivity contribution in [3.05, 3.63) is 64.9 Å². The van der Waals surface area contributed by atoms with E-state index < -0.39 is 17.8 Å². The van der Waals surface area contributed by atoms with Gasteiger partial charge in [-0.2, -0.15) is 0 Å². The third-order valence-electron chi connectivity index (χ3n) is 3.11. The predicted octanol–water partition coefficient (Wildman–Crippen LogP) is 3.38. The van der Waals surface area contributed by atoms with Crippen LogP contribution in [0.25, 0.3) is 0 Å². The Kier molecular flexibility index (Phi) is 5.31. The molecule has 0 aromatic heterocycles. The third kappa shape index (κ3) is 4.55. The van der Waals surface area contributed by atoms with Crippen LogP contribution in [0, 0.1) is 5.82 Å². The molecule has 3 nitrogen and oxygen atoms in total. The van der Waals surface area contributed by atoms with E-state index in [-0.39, 0.29) is 10.7 Å². The molecule has 0 aliphatic heterocycles.